The van der Waals surface area contributed by atoms with Crippen LogP contribution in [0.25, 0.3) is 0 Å². The van der Waals surface area contributed by atoms with Crippen LogP contribution in [0.4, 0.5) is 0 Å². The Morgan fingerprint density at radius 3 is 2.81 bits per heavy atom. The molecule has 0 aliphatic carbocycles. The van der Waals surface area contributed by atoms with Gasteiger partial charge in [0.15, 0.2) is 0 Å². The van der Waals surface area contributed by atoms with Crippen LogP contribution < -0.4 is 4.72 Å². The van der Waals surface area contributed by atoms with Crippen molar-refractivity contribution in [3.63, 3.8) is 0 Å². The van der Waals surface area contributed by atoms with E-state index in [2.05, 4.69) is 9.82 Å². The number of aromatic nitrogens is 2. The average Bonchev–Trinajstić information content (AvgIpc) is 3.04. The Kier molecular flexibility index (Phi) is 4.28. The number of hydrogen-bond acceptors (Lipinski definition) is 5. The predicted molar refractivity (Wildman–Crippen MR) is 70.8 cm³/mol. The molecule has 0 spiro atoms. The fourth-order valence-corrected chi connectivity index (χ4v) is 3.16. The van der Waals surface area contributed by atoms with Gasteiger partial charge in [-0.2, -0.15) is 5.10 Å². The molecule has 1 amide bonds. The number of nitrogens with zero attached hydrogens (tertiary/aromatic N) is 3. The molecule has 21 heavy (non-hydrogen) atoms. The van der Waals surface area contributed by atoms with E-state index in [1.54, 1.807) is 7.05 Å². The number of aliphatic carboxylic acids is 1. The smallest absolute Gasteiger partial charge is 0.326 e. The molecule has 0 saturated carbocycles. The van der Waals surface area contributed by atoms with E-state index in [-0.39, 0.29) is 4.90 Å². The van der Waals surface area contributed by atoms with Crippen LogP contribution in [0, 0.1) is 0 Å². The molecule has 1 aromatic rings. The number of sulfonamides is 1. The second-order valence-corrected chi connectivity index (χ2v) is 6.52. The maximum Gasteiger partial charge on any atom is 0.326 e. The molecule has 1 aromatic heterocycles. The zero-order valence-electron chi connectivity index (χ0n) is 11.4. The fraction of sp³-hybridized carbons (Fsp3) is 0.545. The second-order valence-electron chi connectivity index (χ2n) is 4.76. The van der Waals surface area contributed by atoms with Crippen LogP contribution in [-0.2, 0) is 26.7 Å². The molecular formula is C11H16N4O5S. The molecule has 2 rings (SSSR count). The average molecular weight is 316 g/mol. The first kappa shape index (κ1) is 15.4. The zero-order valence-corrected chi connectivity index (χ0v) is 12.2. The molecule has 0 radical (unpaired) electrons. The quantitative estimate of drug-likeness (QED) is 0.702. The van der Waals surface area contributed by atoms with Gasteiger partial charge in [0.25, 0.3) is 0 Å². The highest BCUT2D eigenvalue weighted by Gasteiger charge is 2.34. The molecule has 1 aliphatic rings. The van der Waals surface area contributed by atoms with Crippen molar-refractivity contribution in [2.45, 2.75) is 23.8 Å². The van der Waals surface area contributed by atoms with Gasteiger partial charge in [-0.1, -0.05) is 0 Å². The van der Waals surface area contributed by atoms with Crippen molar-refractivity contribution < 1.29 is 23.1 Å². The van der Waals surface area contributed by atoms with Crippen molar-refractivity contribution in [3.8, 4) is 0 Å². The molecule has 116 valence electrons. The summed E-state index contributed by atoms with van der Waals surface area (Å²) in [4.78, 5) is 24.1. The Morgan fingerprint density at radius 2 is 2.24 bits per heavy atom. The topological polar surface area (TPSA) is 122 Å². The van der Waals surface area contributed by atoms with Gasteiger partial charge in [0, 0.05) is 19.8 Å². The first-order valence-electron chi connectivity index (χ1n) is 6.32. The highest BCUT2D eigenvalue weighted by Crippen LogP contribution is 2.17. The van der Waals surface area contributed by atoms with Gasteiger partial charge in [0.1, 0.15) is 10.9 Å². The minimum absolute atomic E-state index is 0.0472. The maximum atomic E-state index is 12.0. The third kappa shape index (κ3) is 3.39. The lowest BCUT2D eigenvalue weighted by atomic mass is 10.2. The third-order valence-corrected chi connectivity index (χ3v) is 4.62. The zero-order chi connectivity index (χ0) is 15.6. The minimum Gasteiger partial charge on any atom is -0.480 e. The molecule has 9 nitrogen and oxygen atoms in total. The number of amides is 1. The Balaban J connectivity index is 1.99. The number of carboxylic acid groups (broad SMARTS) is 1. The van der Waals surface area contributed by atoms with Gasteiger partial charge in [-0.05, 0) is 12.8 Å². The van der Waals surface area contributed by atoms with Crippen molar-refractivity contribution >= 4 is 21.9 Å². The monoisotopic (exact) mass is 316 g/mol. The molecule has 1 aliphatic heterocycles. The largest absolute Gasteiger partial charge is 0.480 e. The Morgan fingerprint density at radius 1 is 1.52 bits per heavy atom. The highest BCUT2D eigenvalue weighted by atomic mass is 32.2. The first-order valence-corrected chi connectivity index (χ1v) is 7.80. The van der Waals surface area contributed by atoms with E-state index in [1.165, 1.54) is 22.0 Å². The van der Waals surface area contributed by atoms with Gasteiger partial charge >= 0.3 is 5.97 Å². The van der Waals surface area contributed by atoms with E-state index in [1.807, 2.05) is 0 Å². The summed E-state index contributed by atoms with van der Waals surface area (Å²) in [5.41, 5.74) is 0. The van der Waals surface area contributed by atoms with Crippen molar-refractivity contribution in [1.29, 1.82) is 0 Å². The van der Waals surface area contributed by atoms with E-state index in [9.17, 15) is 18.0 Å². The molecule has 1 atom stereocenters. The van der Waals surface area contributed by atoms with Crippen molar-refractivity contribution in [2.24, 2.45) is 7.05 Å². The number of nitrogens with one attached hydrogen (secondary N) is 1. The van der Waals surface area contributed by atoms with E-state index < -0.39 is 34.5 Å². The molecule has 1 saturated heterocycles. The maximum absolute atomic E-state index is 12.0. The van der Waals surface area contributed by atoms with Crippen LogP contribution >= 0.6 is 0 Å². The van der Waals surface area contributed by atoms with Gasteiger partial charge in [-0.15, -0.1) is 0 Å². The Hall–Kier alpha value is -1.94. The van der Waals surface area contributed by atoms with Gasteiger partial charge in [-0.3, -0.25) is 9.48 Å². The van der Waals surface area contributed by atoms with E-state index in [0.717, 1.165) is 0 Å². The van der Waals surface area contributed by atoms with Crippen molar-refractivity contribution in [3.05, 3.63) is 12.4 Å². The lowest BCUT2D eigenvalue weighted by Gasteiger charge is -2.21. The first-order chi connectivity index (χ1) is 9.81. The summed E-state index contributed by atoms with van der Waals surface area (Å²) in [5.74, 6) is -1.62. The number of likely N-dealkylation sites (tertiary alicyclic amines) is 1. The molecular weight excluding hydrogens is 300 g/mol. The summed E-state index contributed by atoms with van der Waals surface area (Å²) in [6.45, 7) is -0.147. The molecule has 1 fully saturated rings. The van der Waals surface area contributed by atoms with Gasteiger partial charge < -0.3 is 10.0 Å². The molecule has 2 heterocycles. The van der Waals surface area contributed by atoms with Crippen LogP contribution in [0.3, 0.4) is 0 Å². The fourth-order valence-electron chi connectivity index (χ4n) is 2.20. The van der Waals surface area contributed by atoms with Crippen molar-refractivity contribution in [2.75, 3.05) is 13.1 Å². The van der Waals surface area contributed by atoms with Crippen LogP contribution in [0.5, 0.6) is 0 Å². The number of rotatable bonds is 5. The normalized spacial score (nSPS) is 18.9. The predicted octanol–water partition coefficient (Wildman–Crippen LogP) is -1.23. The third-order valence-electron chi connectivity index (χ3n) is 3.26. The minimum atomic E-state index is -3.83. The Labute approximate surface area is 121 Å². The molecule has 10 heteroatoms. The van der Waals surface area contributed by atoms with Crippen molar-refractivity contribution in [1.82, 2.24) is 19.4 Å². The number of hydrogen-bond donors (Lipinski definition) is 2. The molecule has 2 N–H and O–H groups in total. The van der Waals surface area contributed by atoms with Crippen LogP contribution in [0.15, 0.2) is 17.3 Å². The summed E-state index contributed by atoms with van der Waals surface area (Å²) in [6.07, 6.45) is 3.46. The summed E-state index contributed by atoms with van der Waals surface area (Å²) in [7, 11) is -2.25. The molecule has 0 bridgehead atoms. The second kappa shape index (κ2) is 5.82. The lowest BCUT2D eigenvalue weighted by Crippen LogP contribution is -2.45. The number of carbonyl (C=O) groups excluding carboxylic acids is 1. The van der Waals surface area contributed by atoms with E-state index in [0.29, 0.717) is 19.4 Å². The molecule has 0 unspecified atom stereocenters. The standard InChI is InChI=1S/C11H16N4O5S/c1-14-7-8(5-12-14)21(19,20)13-6-10(16)15-4-2-3-9(15)11(17)18/h5,7,9,13H,2-4,6H2,1H3,(H,17,18)/t9-/m0/s1. The van der Waals surface area contributed by atoms with E-state index >= 15 is 0 Å². The summed E-state index contributed by atoms with van der Waals surface area (Å²) in [5, 5.41) is 12.7. The number of aryl methyl sites for hydroxylation is 1. The number of carboxylic acids is 1. The van der Waals surface area contributed by atoms with Crippen LogP contribution in [0.2, 0.25) is 0 Å². The summed E-state index contributed by atoms with van der Waals surface area (Å²) in [6, 6.07) is -0.875. The number of carbonyl (C=O) groups is 2. The van der Waals surface area contributed by atoms with Gasteiger partial charge in [-0.25, -0.2) is 17.9 Å². The lowest BCUT2D eigenvalue weighted by molar-refractivity contribution is -0.147. The molecule has 0 aromatic carbocycles. The highest BCUT2D eigenvalue weighted by molar-refractivity contribution is 7.89. The van der Waals surface area contributed by atoms with Gasteiger partial charge in [0.05, 0.1) is 12.7 Å². The van der Waals surface area contributed by atoms with Crippen LogP contribution in [0.1, 0.15) is 12.8 Å². The SMILES string of the molecule is Cn1cc(S(=O)(=O)NCC(=O)N2CCC[C@H]2C(=O)O)cn1. The van der Waals surface area contributed by atoms with Crippen LogP contribution in [-0.4, -0.2) is 59.2 Å². The Bertz CT molecular complexity index is 653. The van der Waals surface area contributed by atoms with Gasteiger partial charge in [0.2, 0.25) is 15.9 Å². The summed E-state index contributed by atoms with van der Waals surface area (Å²) < 4.78 is 27.3. The van der Waals surface area contributed by atoms with E-state index in [4.69, 9.17) is 5.11 Å². The summed E-state index contributed by atoms with van der Waals surface area (Å²) >= 11 is 0.